The molecule has 1 aliphatic heterocycles. The summed E-state index contributed by atoms with van der Waals surface area (Å²) in [7, 11) is 0. The number of piperazine rings is 1. The van der Waals surface area contributed by atoms with E-state index in [1.165, 1.54) is 0 Å². The first kappa shape index (κ1) is 14.4. The van der Waals surface area contributed by atoms with Gasteiger partial charge in [-0.2, -0.15) is 5.10 Å². The van der Waals surface area contributed by atoms with E-state index in [4.69, 9.17) is 0 Å². The van der Waals surface area contributed by atoms with Gasteiger partial charge in [0.25, 0.3) is 5.82 Å². The van der Waals surface area contributed by atoms with Crippen LogP contribution in [0.3, 0.4) is 0 Å². The van der Waals surface area contributed by atoms with Crippen molar-refractivity contribution in [2.24, 2.45) is 5.10 Å². The molecule has 3 rings (SSSR count). The zero-order valence-corrected chi connectivity index (χ0v) is 12.7. The number of rotatable bonds is 3. The van der Waals surface area contributed by atoms with Crippen LogP contribution in [0.25, 0.3) is 0 Å². The summed E-state index contributed by atoms with van der Waals surface area (Å²) in [6, 6.07) is 13.4. The van der Waals surface area contributed by atoms with Gasteiger partial charge in [0.2, 0.25) is 0 Å². The fourth-order valence-corrected chi connectivity index (χ4v) is 2.66. The van der Waals surface area contributed by atoms with Crippen molar-refractivity contribution >= 4 is 11.5 Å². The number of aromatic amines is 1. The van der Waals surface area contributed by atoms with Crippen LogP contribution in [0.2, 0.25) is 0 Å². The van der Waals surface area contributed by atoms with Crippen molar-refractivity contribution in [1.29, 1.82) is 0 Å². The summed E-state index contributed by atoms with van der Waals surface area (Å²) >= 11 is 0. The third-order valence-electron chi connectivity index (χ3n) is 3.87. The number of hydrogen-bond acceptors (Lipinski definition) is 4. The van der Waals surface area contributed by atoms with E-state index in [2.05, 4.69) is 26.1 Å². The molecule has 1 aromatic heterocycles. The number of phenols is 1. The number of aromatic nitrogens is 1. The molecule has 114 valence electrons. The lowest BCUT2D eigenvalue weighted by Crippen LogP contribution is -2.46. The highest BCUT2D eigenvalue weighted by Gasteiger charge is 2.22. The summed E-state index contributed by atoms with van der Waals surface area (Å²) in [5, 5.41) is 16.6. The molecule has 0 radical (unpaired) electrons. The van der Waals surface area contributed by atoms with Gasteiger partial charge in [0.15, 0.2) is 0 Å². The van der Waals surface area contributed by atoms with Crippen LogP contribution in [-0.2, 0) is 0 Å². The Morgan fingerprint density at radius 2 is 1.77 bits per heavy atom. The first-order valence-electron chi connectivity index (χ1n) is 7.54. The largest absolute Gasteiger partial charge is 0.507 e. The smallest absolute Gasteiger partial charge is 0.274 e. The molecule has 0 atom stereocenters. The van der Waals surface area contributed by atoms with Gasteiger partial charge in [-0.15, -0.1) is 0 Å². The number of hydrogen-bond donors (Lipinski definition) is 1. The fraction of sp³-hybridized carbons (Fsp3) is 0.294. The SMILES string of the molecule is C/C(=N\N1CCN(c2cccc[nH+]2)CC1)c1ccccc1O. The molecule has 2 N–H and O–H groups in total. The Balaban J connectivity index is 1.64. The highest BCUT2D eigenvalue weighted by Crippen LogP contribution is 2.17. The number of hydrazone groups is 1. The first-order chi connectivity index (χ1) is 10.7. The van der Waals surface area contributed by atoms with Crippen LogP contribution in [0.15, 0.2) is 53.8 Å². The summed E-state index contributed by atoms with van der Waals surface area (Å²) in [6.07, 6.45) is 1.95. The summed E-state index contributed by atoms with van der Waals surface area (Å²) < 4.78 is 0. The maximum atomic E-state index is 9.89. The first-order valence-corrected chi connectivity index (χ1v) is 7.54. The minimum absolute atomic E-state index is 0.279. The number of aromatic hydroxyl groups is 1. The Labute approximate surface area is 130 Å². The fourth-order valence-electron chi connectivity index (χ4n) is 2.66. The number of nitrogens with zero attached hydrogens (tertiary/aromatic N) is 3. The molecule has 1 saturated heterocycles. The molecule has 0 unspecified atom stereocenters. The second-order valence-corrected chi connectivity index (χ2v) is 5.39. The predicted molar refractivity (Wildman–Crippen MR) is 87.1 cm³/mol. The summed E-state index contributed by atoms with van der Waals surface area (Å²) in [5.41, 5.74) is 1.64. The monoisotopic (exact) mass is 297 g/mol. The van der Waals surface area contributed by atoms with Crippen LogP contribution < -0.4 is 9.88 Å². The second kappa shape index (κ2) is 6.47. The molecule has 1 aliphatic rings. The maximum Gasteiger partial charge on any atom is 0.274 e. The molecule has 1 fully saturated rings. The predicted octanol–water partition coefficient (Wildman–Crippen LogP) is 1.75. The quantitative estimate of drug-likeness (QED) is 0.878. The minimum Gasteiger partial charge on any atom is -0.507 e. The van der Waals surface area contributed by atoms with Crippen LogP contribution in [0, 0.1) is 0 Å². The second-order valence-electron chi connectivity index (χ2n) is 5.39. The average molecular weight is 297 g/mol. The molecule has 2 aromatic rings. The van der Waals surface area contributed by atoms with Gasteiger partial charge < -0.3 is 5.11 Å². The van der Waals surface area contributed by atoms with Crippen molar-refractivity contribution in [3.63, 3.8) is 0 Å². The number of phenolic OH excluding ortho intramolecular Hbond substituents is 1. The molecule has 0 aliphatic carbocycles. The molecule has 22 heavy (non-hydrogen) atoms. The maximum absolute atomic E-state index is 9.89. The minimum atomic E-state index is 0.279. The molecule has 1 aromatic carbocycles. The van der Waals surface area contributed by atoms with Gasteiger partial charge in [0.1, 0.15) is 18.8 Å². The van der Waals surface area contributed by atoms with Crippen LogP contribution in [-0.4, -0.2) is 42.0 Å². The lowest BCUT2D eigenvalue weighted by Gasteiger charge is -2.29. The van der Waals surface area contributed by atoms with Crippen LogP contribution in [0.1, 0.15) is 12.5 Å². The molecular formula is C17H21N4O+. The van der Waals surface area contributed by atoms with Gasteiger partial charge in [-0.1, -0.05) is 18.2 Å². The number of para-hydroxylation sites is 1. The van der Waals surface area contributed by atoms with E-state index in [0.29, 0.717) is 0 Å². The van der Waals surface area contributed by atoms with Crippen molar-refractivity contribution in [3.05, 3.63) is 54.2 Å². The van der Waals surface area contributed by atoms with Crippen LogP contribution in [0.5, 0.6) is 5.75 Å². The molecule has 2 heterocycles. The number of H-pyrrole nitrogens is 1. The molecule has 0 bridgehead atoms. The molecule has 0 saturated carbocycles. The lowest BCUT2D eigenvalue weighted by molar-refractivity contribution is -0.364. The molecule has 0 spiro atoms. The van der Waals surface area contributed by atoms with Gasteiger partial charge in [-0.25, -0.2) is 4.98 Å². The third-order valence-corrected chi connectivity index (χ3v) is 3.87. The average Bonchev–Trinajstić information content (AvgIpc) is 2.57. The van der Waals surface area contributed by atoms with E-state index in [0.717, 1.165) is 43.3 Å². The highest BCUT2D eigenvalue weighted by atomic mass is 16.3. The molecule has 0 amide bonds. The Morgan fingerprint density at radius 1 is 1.05 bits per heavy atom. The van der Waals surface area contributed by atoms with Crippen molar-refractivity contribution in [3.8, 4) is 5.75 Å². The Morgan fingerprint density at radius 3 is 2.45 bits per heavy atom. The van der Waals surface area contributed by atoms with Crippen LogP contribution in [0.4, 0.5) is 5.82 Å². The molecular weight excluding hydrogens is 276 g/mol. The Bertz CT molecular complexity index is 649. The third kappa shape index (κ3) is 3.19. The summed E-state index contributed by atoms with van der Waals surface area (Å²) in [6.45, 7) is 5.53. The van der Waals surface area contributed by atoms with Gasteiger partial charge in [-0.3, -0.25) is 9.91 Å². The van der Waals surface area contributed by atoms with E-state index >= 15 is 0 Å². The van der Waals surface area contributed by atoms with Gasteiger partial charge in [0, 0.05) is 11.6 Å². The Hall–Kier alpha value is -2.56. The van der Waals surface area contributed by atoms with E-state index in [-0.39, 0.29) is 5.75 Å². The molecule has 5 nitrogen and oxygen atoms in total. The lowest BCUT2D eigenvalue weighted by atomic mass is 10.1. The van der Waals surface area contributed by atoms with Crippen LogP contribution >= 0.6 is 0 Å². The highest BCUT2D eigenvalue weighted by molar-refractivity contribution is 6.00. The number of pyridine rings is 1. The topological polar surface area (TPSA) is 53.2 Å². The van der Waals surface area contributed by atoms with Gasteiger partial charge in [-0.05, 0) is 25.1 Å². The summed E-state index contributed by atoms with van der Waals surface area (Å²) in [5.74, 6) is 1.42. The summed E-state index contributed by atoms with van der Waals surface area (Å²) in [4.78, 5) is 5.59. The Kier molecular flexibility index (Phi) is 4.23. The van der Waals surface area contributed by atoms with E-state index in [1.807, 2.05) is 43.5 Å². The number of nitrogens with one attached hydrogen (secondary N) is 1. The van der Waals surface area contributed by atoms with Gasteiger partial charge >= 0.3 is 0 Å². The van der Waals surface area contributed by atoms with Crippen molar-refractivity contribution in [1.82, 2.24) is 5.01 Å². The van der Waals surface area contributed by atoms with Gasteiger partial charge in [0.05, 0.1) is 25.0 Å². The number of anilines is 1. The number of benzene rings is 1. The van der Waals surface area contributed by atoms with Crippen molar-refractivity contribution in [2.45, 2.75) is 6.92 Å². The van der Waals surface area contributed by atoms with E-state index in [9.17, 15) is 5.11 Å². The van der Waals surface area contributed by atoms with Crippen molar-refractivity contribution in [2.75, 3.05) is 31.1 Å². The standard InChI is InChI=1S/C17H20N4O/c1-14(15-6-2-3-7-16(15)22)19-21-12-10-20(11-13-21)17-8-4-5-9-18-17/h2-9,22H,10-13H2,1H3/p+1/b19-14+. The zero-order valence-electron chi connectivity index (χ0n) is 12.7. The zero-order chi connectivity index (χ0) is 15.4. The van der Waals surface area contributed by atoms with E-state index in [1.54, 1.807) is 6.07 Å². The normalized spacial score (nSPS) is 16.0. The van der Waals surface area contributed by atoms with E-state index < -0.39 is 0 Å². The van der Waals surface area contributed by atoms with Crippen molar-refractivity contribution < 1.29 is 10.1 Å². The molecule has 5 heteroatoms.